The number of pyridine rings is 1. The molecule has 3 aromatic rings. The van der Waals surface area contributed by atoms with Crippen LogP contribution in [0.4, 0.5) is 34.4 Å². The van der Waals surface area contributed by atoms with Crippen molar-refractivity contribution in [3.63, 3.8) is 0 Å². The predicted molar refractivity (Wildman–Crippen MR) is 143 cm³/mol. The molecule has 0 aliphatic heterocycles. The molecular weight excluding hydrogens is 647 g/mol. The molecule has 0 amide bonds. The number of rotatable bonds is 11. The number of nitrogens with zero attached hydrogens (tertiary/aromatic N) is 5. The van der Waals surface area contributed by atoms with Crippen LogP contribution < -0.4 is 11.5 Å². The van der Waals surface area contributed by atoms with Crippen LogP contribution in [0.15, 0.2) is 83.7 Å². The summed E-state index contributed by atoms with van der Waals surface area (Å²) in [7, 11) is -18.5. The topological polar surface area (TPSA) is 321 Å². The molecule has 0 saturated carbocycles. The number of hydrogen-bond donors (Lipinski definition) is 5. The van der Waals surface area contributed by atoms with E-state index in [0.29, 0.717) is 12.1 Å². The number of nitrogens with two attached hydrogens (primary N) is 2. The molecule has 0 fully saturated rings. The quantitative estimate of drug-likeness (QED) is 0.145. The van der Waals surface area contributed by atoms with E-state index < -0.39 is 68.3 Å². The van der Waals surface area contributed by atoms with Gasteiger partial charge in [-0.1, -0.05) is 0 Å². The number of azo groups is 2. The van der Waals surface area contributed by atoms with E-state index in [2.05, 4.69) is 29.6 Å². The first-order chi connectivity index (χ1) is 19.3. The Balaban J connectivity index is 1.88. The summed E-state index contributed by atoms with van der Waals surface area (Å²) >= 11 is 0. The molecule has 0 atom stereocenters. The number of aromatic nitrogens is 1. The Labute approximate surface area is 238 Å². The SMILES string of the molecule is Nc1nc(N)c(N=Nc2cc(S(=O)(=O)O)ccc2S(=O)(=O)O)cc1N=Nc1ccc(S(=O)(=O)CCOS(=O)(=O)O)cc1. The Morgan fingerprint density at radius 2 is 1.19 bits per heavy atom. The second kappa shape index (κ2) is 12.1. The Bertz CT molecular complexity index is 2010. The summed E-state index contributed by atoms with van der Waals surface area (Å²) in [6.07, 6.45) is 0. The van der Waals surface area contributed by atoms with Crippen LogP contribution in [0.25, 0.3) is 0 Å². The van der Waals surface area contributed by atoms with Gasteiger partial charge in [0.25, 0.3) is 20.2 Å². The number of sulfone groups is 1. The van der Waals surface area contributed by atoms with Crippen molar-refractivity contribution in [2.24, 2.45) is 20.5 Å². The van der Waals surface area contributed by atoms with Gasteiger partial charge in [0, 0.05) is 6.07 Å². The minimum atomic E-state index is -4.90. The lowest BCUT2D eigenvalue weighted by Crippen LogP contribution is -2.15. The fourth-order valence-electron chi connectivity index (χ4n) is 2.94. The molecule has 1 heterocycles. The highest BCUT2D eigenvalue weighted by Gasteiger charge is 2.20. The zero-order valence-corrected chi connectivity index (χ0v) is 23.8. The number of anilines is 2. The summed E-state index contributed by atoms with van der Waals surface area (Å²) in [6, 6.07) is 7.95. The maximum atomic E-state index is 12.3. The molecule has 7 N–H and O–H groups in total. The van der Waals surface area contributed by atoms with E-state index in [1.807, 2.05) is 0 Å². The standard InChI is InChI=1S/C19H19N7O12S4/c20-18-15(25-23-11-1-3-12(4-2-11)39(27,28)8-7-38-42(35,36)37)10-16(19(21)22-18)26-24-14-9-13(40(29,30)31)5-6-17(14)41(32,33)34/h1-6,9-10H,7-8H2,(H4,20,21,22)(H,29,30,31)(H,32,33,34)(H,35,36,37). The van der Waals surface area contributed by atoms with Crippen molar-refractivity contribution in [3.8, 4) is 0 Å². The molecule has 0 aliphatic carbocycles. The Morgan fingerprint density at radius 1 is 0.667 bits per heavy atom. The number of benzene rings is 2. The first-order valence-electron chi connectivity index (χ1n) is 10.7. The van der Waals surface area contributed by atoms with Crippen LogP contribution in [-0.4, -0.2) is 64.7 Å². The van der Waals surface area contributed by atoms with E-state index in [9.17, 15) is 42.8 Å². The van der Waals surface area contributed by atoms with Crippen LogP contribution in [0.3, 0.4) is 0 Å². The van der Waals surface area contributed by atoms with E-state index in [1.165, 1.54) is 12.1 Å². The van der Waals surface area contributed by atoms with Gasteiger partial charge in [-0.2, -0.15) is 30.4 Å². The summed E-state index contributed by atoms with van der Waals surface area (Å²) in [6.45, 7) is -0.811. The lowest BCUT2D eigenvalue weighted by atomic mass is 10.3. The van der Waals surface area contributed by atoms with Gasteiger partial charge in [-0.05, 0) is 42.5 Å². The summed E-state index contributed by atoms with van der Waals surface area (Å²) in [5.41, 5.74) is 10.6. The second-order valence-electron chi connectivity index (χ2n) is 7.84. The third kappa shape index (κ3) is 8.76. The molecular formula is C19H19N7O12S4. The van der Waals surface area contributed by atoms with Gasteiger partial charge >= 0.3 is 10.4 Å². The summed E-state index contributed by atoms with van der Waals surface area (Å²) < 4.78 is 123. The highest BCUT2D eigenvalue weighted by Crippen LogP contribution is 2.34. The van der Waals surface area contributed by atoms with E-state index in [-0.39, 0.29) is 33.6 Å². The van der Waals surface area contributed by atoms with Crippen LogP contribution in [0.1, 0.15) is 0 Å². The first-order valence-corrected chi connectivity index (χ1v) is 16.6. The average molecular weight is 666 g/mol. The van der Waals surface area contributed by atoms with E-state index in [1.54, 1.807) is 0 Å². The highest BCUT2D eigenvalue weighted by atomic mass is 32.3. The predicted octanol–water partition coefficient (Wildman–Crippen LogP) is 2.16. The van der Waals surface area contributed by atoms with Gasteiger partial charge in [-0.3, -0.25) is 13.7 Å². The third-order valence-electron chi connectivity index (χ3n) is 4.86. The first kappa shape index (κ1) is 32.5. The maximum Gasteiger partial charge on any atom is 0.397 e. The summed E-state index contributed by atoms with van der Waals surface area (Å²) in [4.78, 5) is 2.02. The van der Waals surface area contributed by atoms with Crippen LogP contribution in [-0.2, 0) is 44.7 Å². The van der Waals surface area contributed by atoms with Crippen molar-refractivity contribution >= 4 is 74.9 Å². The molecule has 226 valence electrons. The molecule has 19 nitrogen and oxygen atoms in total. The molecule has 3 rings (SSSR count). The van der Waals surface area contributed by atoms with Crippen LogP contribution in [0, 0.1) is 0 Å². The Hall–Kier alpha value is -3.97. The van der Waals surface area contributed by atoms with E-state index >= 15 is 0 Å². The van der Waals surface area contributed by atoms with Gasteiger partial charge in [0.2, 0.25) is 0 Å². The molecule has 23 heteroatoms. The molecule has 1 aromatic heterocycles. The van der Waals surface area contributed by atoms with Crippen LogP contribution >= 0.6 is 0 Å². The molecule has 0 bridgehead atoms. The summed E-state index contributed by atoms with van der Waals surface area (Å²) in [5.74, 6) is -1.30. The van der Waals surface area contributed by atoms with Crippen molar-refractivity contribution in [2.75, 3.05) is 23.8 Å². The third-order valence-corrected chi connectivity index (χ3v) is 8.77. The lowest BCUT2D eigenvalue weighted by Gasteiger charge is -2.06. The minimum Gasteiger partial charge on any atom is -0.382 e. The van der Waals surface area contributed by atoms with Crippen LogP contribution in [0.5, 0.6) is 0 Å². The summed E-state index contributed by atoms with van der Waals surface area (Å²) in [5, 5.41) is 15.1. The molecule has 42 heavy (non-hydrogen) atoms. The Morgan fingerprint density at radius 3 is 1.71 bits per heavy atom. The van der Waals surface area contributed by atoms with Crippen molar-refractivity contribution in [2.45, 2.75) is 14.7 Å². The molecule has 0 spiro atoms. The zero-order valence-electron chi connectivity index (χ0n) is 20.6. The van der Waals surface area contributed by atoms with Crippen LogP contribution in [0.2, 0.25) is 0 Å². The van der Waals surface area contributed by atoms with Gasteiger partial charge < -0.3 is 11.5 Å². The fourth-order valence-corrected chi connectivity index (χ4v) is 5.54. The largest absolute Gasteiger partial charge is 0.397 e. The minimum absolute atomic E-state index is 0.126. The van der Waals surface area contributed by atoms with Gasteiger partial charge in [-0.25, -0.2) is 17.6 Å². The lowest BCUT2D eigenvalue weighted by molar-refractivity contribution is 0.284. The zero-order chi connectivity index (χ0) is 31.5. The Kier molecular flexibility index (Phi) is 9.38. The molecule has 0 radical (unpaired) electrons. The average Bonchev–Trinajstić information content (AvgIpc) is 2.85. The monoisotopic (exact) mass is 665 g/mol. The number of hydrogen-bond acceptors (Lipinski definition) is 16. The van der Waals surface area contributed by atoms with Crippen molar-refractivity contribution in [3.05, 3.63) is 48.5 Å². The van der Waals surface area contributed by atoms with E-state index in [0.717, 1.165) is 24.3 Å². The van der Waals surface area contributed by atoms with Gasteiger partial charge in [-0.15, -0.1) is 15.3 Å². The van der Waals surface area contributed by atoms with Crippen molar-refractivity contribution < 1.29 is 51.5 Å². The normalized spacial score (nSPS) is 13.2. The molecule has 0 saturated heterocycles. The fraction of sp³-hybridized carbons (Fsp3) is 0.105. The molecule has 2 aromatic carbocycles. The molecule has 0 aliphatic rings. The van der Waals surface area contributed by atoms with Gasteiger partial charge in [0.1, 0.15) is 22.0 Å². The highest BCUT2D eigenvalue weighted by molar-refractivity contribution is 7.91. The smallest absolute Gasteiger partial charge is 0.382 e. The second-order valence-corrected chi connectivity index (χ2v) is 13.9. The van der Waals surface area contributed by atoms with Gasteiger partial charge in [0.15, 0.2) is 21.5 Å². The van der Waals surface area contributed by atoms with Gasteiger partial charge in [0.05, 0.1) is 27.8 Å². The molecule has 0 unspecified atom stereocenters. The maximum absolute atomic E-state index is 12.3. The van der Waals surface area contributed by atoms with E-state index in [4.69, 9.17) is 16.0 Å². The number of nitrogen functional groups attached to an aromatic ring is 2. The van der Waals surface area contributed by atoms with Crippen molar-refractivity contribution in [1.82, 2.24) is 4.98 Å². The van der Waals surface area contributed by atoms with Crippen molar-refractivity contribution in [1.29, 1.82) is 0 Å².